The first-order chi connectivity index (χ1) is 3.86. The van der Waals surface area contributed by atoms with Gasteiger partial charge < -0.3 is 0 Å². The molecule has 2 rings (SSSR count). The van der Waals surface area contributed by atoms with Crippen LogP contribution in [0.4, 0.5) is 0 Å². The molecule has 0 N–H and O–H groups in total. The van der Waals surface area contributed by atoms with Crippen LogP contribution in [-0.4, -0.2) is 0 Å². The van der Waals surface area contributed by atoms with E-state index in [0.717, 1.165) is 5.92 Å². The fourth-order valence-electron chi connectivity index (χ4n) is 2.39. The molecule has 0 amide bonds. The van der Waals surface area contributed by atoms with Crippen LogP contribution in [-0.2, 0) is 0 Å². The Hall–Kier alpha value is 0. The molecule has 46 valence electrons. The third-order valence-corrected chi connectivity index (χ3v) is 2.99. The molecule has 0 radical (unpaired) electrons. The summed E-state index contributed by atoms with van der Waals surface area (Å²) in [5.74, 6) is 3.41. The Morgan fingerprint density at radius 1 is 1.00 bits per heavy atom. The molecule has 3 atom stereocenters. The van der Waals surface area contributed by atoms with Crippen molar-refractivity contribution in [3.8, 4) is 0 Å². The Kier molecular flexibility index (Phi) is 0.902. The molecule has 0 saturated heterocycles. The summed E-state index contributed by atoms with van der Waals surface area (Å²) in [4.78, 5) is 0. The third kappa shape index (κ3) is 0.519. The lowest BCUT2D eigenvalue weighted by Crippen LogP contribution is -2.18. The molecule has 0 heterocycles. The molecule has 2 aliphatic rings. The summed E-state index contributed by atoms with van der Waals surface area (Å²) in [6, 6.07) is 0. The standard InChI is InChI=1S/C8H14/c1-6-4-7-2-3-8(7)5-6/h6-8H,2-5H2,1H3/t6?,7-,8?/m0/s1. The van der Waals surface area contributed by atoms with Crippen LogP contribution in [0.1, 0.15) is 32.6 Å². The molecule has 2 unspecified atom stereocenters. The molecule has 0 aromatic rings. The van der Waals surface area contributed by atoms with Gasteiger partial charge in [-0.15, -0.1) is 0 Å². The maximum Gasteiger partial charge on any atom is -0.0383 e. The molecule has 0 aromatic carbocycles. The lowest BCUT2D eigenvalue weighted by atomic mass is 9.77. The fraction of sp³-hybridized carbons (Fsp3) is 1.00. The van der Waals surface area contributed by atoms with Crippen LogP contribution >= 0.6 is 0 Å². The van der Waals surface area contributed by atoms with Gasteiger partial charge in [0, 0.05) is 0 Å². The van der Waals surface area contributed by atoms with E-state index < -0.39 is 0 Å². The van der Waals surface area contributed by atoms with E-state index in [1.165, 1.54) is 11.8 Å². The van der Waals surface area contributed by atoms with Crippen molar-refractivity contribution in [2.75, 3.05) is 0 Å². The van der Waals surface area contributed by atoms with E-state index in [1.54, 1.807) is 25.7 Å². The van der Waals surface area contributed by atoms with Crippen LogP contribution in [0.25, 0.3) is 0 Å². The Bertz CT molecular complexity index is 84.2. The molecule has 8 heavy (non-hydrogen) atoms. The Morgan fingerprint density at radius 3 is 1.75 bits per heavy atom. The Morgan fingerprint density at radius 2 is 1.50 bits per heavy atom. The summed E-state index contributed by atoms with van der Waals surface area (Å²) >= 11 is 0. The van der Waals surface area contributed by atoms with E-state index in [0.29, 0.717) is 0 Å². The molecule has 0 aromatic heterocycles. The molecular weight excluding hydrogens is 96.1 g/mol. The summed E-state index contributed by atoms with van der Waals surface area (Å²) < 4.78 is 0. The van der Waals surface area contributed by atoms with Crippen LogP contribution in [0.3, 0.4) is 0 Å². The number of fused-ring (bicyclic) bond motifs is 1. The molecular formula is C8H14. The second kappa shape index (κ2) is 1.49. The van der Waals surface area contributed by atoms with Crippen molar-refractivity contribution in [1.82, 2.24) is 0 Å². The minimum absolute atomic E-state index is 1.06. The summed E-state index contributed by atoms with van der Waals surface area (Å²) in [6.07, 6.45) is 6.19. The minimum atomic E-state index is 1.06. The average Bonchev–Trinajstić information content (AvgIpc) is 1.91. The molecule has 0 heteroatoms. The van der Waals surface area contributed by atoms with E-state index in [-0.39, 0.29) is 0 Å². The highest BCUT2D eigenvalue weighted by atomic mass is 14.4. The second-order valence-corrected chi connectivity index (χ2v) is 3.67. The van der Waals surface area contributed by atoms with Crippen LogP contribution < -0.4 is 0 Å². The van der Waals surface area contributed by atoms with Crippen molar-refractivity contribution < 1.29 is 0 Å². The van der Waals surface area contributed by atoms with Gasteiger partial charge >= 0.3 is 0 Å². The van der Waals surface area contributed by atoms with Crippen molar-refractivity contribution in [3.63, 3.8) is 0 Å². The van der Waals surface area contributed by atoms with Crippen LogP contribution in [0.5, 0.6) is 0 Å². The maximum atomic E-state index is 2.40. The van der Waals surface area contributed by atoms with Crippen LogP contribution in [0.15, 0.2) is 0 Å². The molecule has 2 aliphatic carbocycles. The zero-order valence-corrected chi connectivity index (χ0v) is 5.56. The van der Waals surface area contributed by atoms with E-state index in [1.807, 2.05) is 0 Å². The predicted molar refractivity (Wildman–Crippen MR) is 34.6 cm³/mol. The lowest BCUT2D eigenvalue weighted by molar-refractivity contribution is 0.219. The molecule has 0 spiro atoms. The smallest absolute Gasteiger partial charge is 0.0383 e. The van der Waals surface area contributed by atoms with E-state index in [4.69, 9.17) is 0 Å². The Balaban J connectivity index is 2.00. The van der Waals surface area contributed by atoms with Gasteiger partial charge in [0.05, 0.1) is 0 Å². The van der Waals surface area contributed by atoms with Gasteiger partial charge in [-0.1, -0.05) is 6.92 Å². The van der Waals surface area contributed by atoms with Crippen molar-refractivity contribution in [2.45, 2.75) is 32.6 Å². The highest BCUT2D eigenvalue weighted by Crippen LogP contribution is 2.49. The SMILES string of the molecule is CC1CC2CC[C@H]2C1. The van der Waals surface area contributed by atoms with Gasteiger partial charge in [-0.25, -0.2) is 0 Å². The molecule has 0 aliphatic heterocycles. The van der Waals surface area contributed by atoms with Crippen molar-refractivity contribution in [1.29, 1.82) is 0 Å². The zero-order valence-electron chi connectivity index (χ0n) is 5.56. The van der Waals surface area contributed by atoms with Crippen molar-refractivity contribution in [3.05, 3.63) is 0 Å². The highest BCUT2D eigenvalue weighted by Gasteiger charge is 2.37. The number of hydrogen-bond donors (Lipinski definition) is 0. The van der Waals surface area contributed by atoms with Crippen molar-refractivity contribution >= 4 is 0 Å². The van der Waals surface area contributed by atoms with Crippen molar-refractivity contribution in [2.24, 2.45) is 17.8 Å². The molecule has 2 fully saturated rings. The average molecular weight is 110 g/mol. The normalized spacial score (nSPS) is 52.9. The summed E-state index contributed by atoms with van der Waals surface area (Å²) in [7, 11) is 0. The first-order valence-electron chi connectivity index (χ1n) is 3.86. The summed E-state index contributed by atoms with van der Waals surface area (Å²) in [5.41, 5.74) is 0. The van der Waals surface area contributed by atoms with Gasteiger partial charge in [0.1, 0.15) is 0 Å². The number of hydrogen-bond acceptors (Lipinski definition) is 0. The third-order valence-electron chi connectivity index (χ3n) is 2.99. The molecule has 0 bridgehead atoms. The van der Waals surface area contributed by atoms with Gasteiger partial charge in [-0.2, -0.15) is 0 Å². The quantitative estimate of drug-likeness (QED) is 0.449. The van der Waals surface area contributed by atoms with E-state index in [9.17, 15) is 0 Å². The first-order valence-corrected chi connectivity index (χ1v) is 3.86. The molecule has 0 nitrogen and oxygen atoms in total. The topological polar surface area (TPSA) is 0 Å². The largest absolute Gasteiger partial charge is 0.0625 e. The Labute approximate surface area is 51.3 Å². The first kappa shape index (κ1) is 4.84. The molecule has 2 saturated carbocycles. The van der Waals surface area contributed by atoms with Gasteiger partial charge in [0.15, 0.2) is 0 Å². The number of rotatable bonds is 0. The van der Waals surface area contributed by atoms with E-state index >= 15 is 0 Å². The zero-order chi connectivity index (χ0) is 5.56. The highest BCUT2D eigenvalue weighted by molar-refractivity contribution is 4.88. The van der Waals surface area contributed by atoms with E-state index in [2.05, 4.69) is 6.92 Å². The second-order valence-electron chi connectivity index (χ2n) is 3.67. The van der Waals surface area contributed by atoms with Gasteiger partial charge in [0.25, 0.3) is 0 Å². The maximum absolute atomic E-state index is 2.40. The van der Waals surface area contributed by atoms with Crippen LogP contribution in [0, 0.1) is 17.8 Å². The van der Waals surface area contributed by atoms with Gasteiger partial charge in [-0.3, -0.25) is 0 Å². The fourth-order valence-corrected chi connectivity index (χ4v) is 2.39. The summed E-state index contributed by atoms with van der Waals surface area (Å²) in [5, 5.41) is 0. The summed E-state index contributed by atoms with van der Waals surface area (Å²) in [6.45, 7) is 2.40. The monoisotopic (exact) mass is 110 g/mol. The minimum Gasteiger partial charge on any atom is -0.0625 e. The van der Waals surface area contributed by atoms with Gasteiger partial charge in [-0.05, 0) is 43.4 Å². The predicted octanol–water partition coefficient (Wildman–Crippen LogP) is 2.44. The van der Waals surface area contributed by atoms with Crippen LogP contribution in [0.2, 0.25) is 0 Å². The van der Waals surface area contributed by atoms with Gasteiger partial charge in [0.2, 0.25) is 0 Å². The lowest BCUT2D eigenvalue weighted by Gasteiger charge is -2.29.